The summed E-state index contributed by atoms with van der Waals surface area (Å²) < 4.78 is 4.59. The van der Waals surface area contributed by atoms with E-state index in [1.807, 2.05) is 66.7 Å². The lowest BCUT2D eigenvalue weighted by molar-refractivity contribution is -0.134. The molecule has 0 atom stereocenters. The van der Waals surface area contributed by atoms with Gasteiger partial charge in [-0.3, -0.25) is 0 Å². The van der Waals surface area contributed by atoms with Gasteiger partial charge in [-0.2, -0.15) is 0 Å². The highest BCUT2D eigenvalue weighted by Gasteiger charge is 2.02. The fourth-order valence-electron chi connectivity index (χ4n) is 1.89. The minimum atomic E-state index is -0.360. The summed E-state index contributed by atoms with van der Waals surface area (Å²) in [5, 5.41) is 0. The first-order valence-corrected chi connectivity index (χ1v) is 6.38. The van der Waals surface area contributed by atoms with Crippen molar-refractivity contribution in [2.75, 3.05) is 7.11 Å². The van der Waals surface area contributed by atoms with E-state index in [2.05, 4.69) is 4.74 Å². The van der Waals surface area contributed by atoms with Crippen LogP contribution in [0.15, 0.2) is 78.9 Å². The third-order valence-corrected chi connectivity index (χ3v) is 2.87. The van der Waals surface area contributed by atoms with Crippen molar-refractivity contribution in [1.29, 1.82) is 0 Å². The van der Waals surface area contributed by atoms with E-state index in [9.17, 15) is 4.79 Å². The number of benzene rings is 2. The number of carbonyl (C=O) groups is 1. The average molecular weight is 264 g/mol. The van der Waals surface area contributed by atoms with Gasteiger partial charge in [-0.25, -0.2) is 4.79 Å². The molecule has 0 aliphatic rings. The minimum Gasteiger partial charge on any atom is -0.466 e. The number of allylic oxidation sites excluding steroid dienone is 2. The van der Waals surface area contributed by atoms with Gasteiger partial charge in [0, 0.05) is 6.08 Å². The minimum absolute atomic E-state index is 0.360. The number of ether oxygens (including phenoxy) is 1. The largest absolute Gasteiger partial charge is 0.466 e. The number of hydrogen-bond acceptors (Lipinski definition) is 2. The summed E-state index contributed by atoms with van der Waals surface area (Å²) >= 11 is 0. The van der Waals surface area contributed by atoms with Gasteiger partial charge < -0.3 is 4.74 Å². The first kappa shape index (κ1) is 13.8. The van der Waals surface area contributed by atoms with E-state index in [1.165, 1.54) is 13.2 Å². The van der Waals surface area contributed by atoms with Gasteiger partial charge in [0.2, 0.25) is 0 Å². The molecule has 0 unspecified atom stereocenters. The highest BCUT2D eigenvalue weighted by Crippen LogP contribution is 2.23. The van der Waals surface area contributed by atoms with Gasteiger partial charge in [-0.1, -0.05) is 72.8 Å². The SMILES string of the molecule is COC(=O)C=CC=C(c1ccccc1)c1ccccc1. The monoisotopic (exact) mass is 264 g/mol. The van der Waals surface area contributed by atoms with Crippen molar-refractivity contribution in [3.8, 4) is 0 Å². The second-order valence-corrected chi connectivity index (χ2v) is 4.19. The highest BCUT2D eigenvalue weighted by atomic mass is 16.5. The Morgan fingerprint density at radius 3 is 1.85 bits per heavy atom. The first-order valence-electron chi connectivity index (χ1n) is 6.38. The molecule has 0 aromatic heterocycles. The number of carbonyl (C=O) groups excluding carboxylic acids is 1. The molecule has 0 aliphatic carbocycles. The molecular weight excluding hydrogens is 248 g/mol. The Morgan fingerprint density at radius 1 is 0.900 bits per heavy atom. The van der Waals surface area contributed by atoms with Crippen molar-refractivity contribution in [3.05, 3.63) is 90.0 Å². The topological polar surface area (TPSA) is 26.3 Å². The summed E-state index contributed by atoms with van der Waals surface area (Å²) in [5.41, 5.74) is 3.27. The first-order chi connectivity index (χ1) is 9.81. The maximum atomic E-state index is 11.1. The quantitative estimate of drug-likeness (QED) is 0.476. The lowest BCUT2D eigenvalue weighted by Crippen LogP contribution is -1.93. The Bertz CT molecular complexity index is 569. The predicted octanol–water partition coefficient (Wildman–Crippen LogP) is 3.85. The molecule has 0 spiro atoms. The van der Waals surface area contributed by atoms with Crippen molar-refractivity contribution in [2.45, 2.75) is 0 Å². The molecule has 100 valence electrons. The van der Waals surface area contributed by atoms with E-state index in [0.717, 1.165) is 16.7 Å². The van der Waals surface area contributed by atoms with E-state index in [-0.39, 0.29) is 5.97 Å². The van der Waals surface area contributed by atoms with Crippen molar-refractivity contribution >= 4 is 11.5 Å². The van der Waals surface area contributed by atoms with Crippen LogP contribution in [-0.4, -0.2) is 13.1 Å². The summed E-state index contributed by atoms with van der Waals surface area (Å²) in [6.45, 7) is 0. The molecule has 2 rings (SSSR count). The lowest BCUT2D eigenvalue weighted by atomic mass is 9.97. The standard InChI is InChI=1S/C18H16O2/c1-20-18(19)14-8-13-17(15-9-4-2-5-10-15)16-11-6-3-7-12-16/h2-14H,1H3. The summed E-state index contributed by atoms with van der Waals surface area (Å²) in [5.74, 6) is -0.360. The normalized spacial score (nSPS) is 10.2. The van der Waals surface area contributed by atoms with Crippen LogP contribution >= 0.6 is 0 Å². The van der Waals surface area contributed by atoms with E-state index in [4.69, 9.17) is 0 Å². The second kappa shape index (κ2) is 7.10. The molecule has 0 N–H and O–H groups in total. The van der Waals surface area contributed by atoms with Gasteiger partial charge in [0.15, 0.2) is 0 Å². The van der Waals surface area contributed by atoms with Crippen LogP contribution in [0, 0.1) is 0 Å². The number of methoxy groups -OCH3 is 1. The van der Waals surface area contributed by atoms with Crippen molar-refractivity contribution in [1.82, 2.24) is 0 Å². The highest BCUT2D eigenvalue weighted by molar-refractivity contribution is 5.84. The maximum absolute atomic E-state index is 11.1. The van der Waals surface area contributed by atoms with E-state index in [1.54, 1.807) is 6.08 Å². The lowest BCUT2D eigenvalue weighted by Gasteiger charge is -2.07. The Morgan fingerprint density at radius 2 is 1.40 bits per heavy atom. The summed E-state index contributed by atoms with van der Waals surface area (Å²) in [7, 11) is 1.37. The molecule has 0 bridgehead atoms. The van der Waals surface area contributed by atoms with Gasteiger partial charge in [0.25, 0.3) is 0 Å². The average Bonchev–Trinajstić information content (AvgIpc) is 2.53. The Labute approximate surface area is 119 Å². The van der Waals surface area contributed by atoms with Crippen LogP contribution in [0.2, 0.25) is 0 Å². The second-order valence-electron chi connectivity index (χ2n) is 4.19. The van der Waals surface area contributed by atoms with Crippen LogP contribution in [0.1, 0.15) is 11.1 Å². The summed E-state index contributed by atoms with van der Waals surface area (Å²) in [6.07, 6.45) is 5.04. The van der Waals surface area contributed by atoms with Crippen LogP contribution in [0.5, 0.6) is 0 Å². The third-order valence-electron chi connectivity index (χ3n) is 2.87. The Kier molecular flexibility index (Phi) is 4.90. The van der Waals surface area contributed by atoms with Crippen LogP contribution in [-0.2, 0) is 9.53 Å². The zero-order valence-corrected chi connectivity index (χ0v) is 11.3. The Balaban J connectivity index is 2.38. The van der Waals surface area contributed by atoms with Crippen LogP contribution in [0.25, 0.3) is 5.57 Å². The van der Waals surface area contributed by atoms with Crippen molar-refractivity contribution < 1.29 is 9.53 Å². The summed E-state index contributed by atoms with van der Waals surface area (Å²) in [6, 6.07) is 20.1. The van der Waals surface area contributed by atoms with Crippen LogP contribution < -0.4 is 0 Å². The molecule has 0 radical (unpaired) electrons. The van der Waals surface area contributed by atoms with Crippen molar-refractivity contribution in [3.63, 3.8) is 0 Å². The molecule has 2 aromatic rings. The Hall–Kier alpha value is -2.61. The fraction of sp³-hybridized carbons (Fsp3) is 0.0556. The molecule has 0 fully saturated rings. The molecule has 20 heavy (non-hydrogen) atoms. The number of rotatable bonds is 4. The van der Waals surface area contributed by atoms with Gasteiger partial charge in [-0.15, -0.1) is 0 Å². The molecule has 0 heterocycles. The van der Waals surface area contributed by atoms with Gasteiger partial charge in [0.05, 0.1) is 7.11 Å². The molecule has 0 saturated carbocycles. The van der Waals surface area contributed by atoms with Crippen LogP contribution in [0.3, 0.4) is 0 Å². The third kappa shape index (κ3) is 3.69. The smallest absolute Gasteiger partial charge is 0.330 e. The van der Waals surface area contributed by atoms with Crippen molar-refractivity contribution in [2.24, 2.45) is 0 Å². The number of hydrogen-bond donors (Lipinski definition) is 0. The van der Waals surface area contributed by atoms with Gasteiger partial charge in [0.1, 0.15) is 0 Å². The zero-order valence-electron chi connectivity index (χ0n) is 11.3. The fourth-order valence-corrected chi connectivity index (χ4v) is 1.89. The molecule has 2 heteroatoms. The van der Waals surface area contributed by atoms with E-state index >= 15 is 0 Å². The maximum Gasteiger partial charge on any atom is 0.330 e. The molecular formula is C18H16O2. The summed E-state index contributed by atoms with van der Waals surface area (Å²) in [4.78, 5) is 11.1. The van der Waals surface area contributed by atoms with E-state index < -0.39 is 0 Å². The molecule has 0 saturated heterocycles. The van der Waals surface area contributed by atoms with Gasteiger partial charge in [-0.05, 0) is 16.7 Å². The van der Waals surface area contributed by atoms with Crippen LogP contribution in [0.4, 0.5) is 0 Å². The predicted molar refractivity (Wildman–Crippen MR) is 81.1 cm³/mol. The zero-order chi connectivity index (χ0) is 14.2. The molecule has 2 nitrogen and oxygen atoms in total. The number of esters is 1. The molecule has 0 aliphatic heterocycles. The molecule has 0 amide bonds. The molecule has 2 aromatic carbocycles. The van der Waals surface area contributed by atoms with E-state index in [0.29, 0.717) is 0 Å². The van der Waals surface area contributed by atoms with Gasteiger partial charge >= 0.3 is 5.97 Å².